The molecule has 0 fully saturated rings. The lowest BCUT2D eigenvalue weighted by Gasteiger charge is -2.16. The fourth-order valence-electron chi connectivity index (χ4n) is 2.25. The number of hydrogen-bond donors (Lipinski definition) is 1. The number of aryl methyl sites for hydroxylation is 1. The van der Waals surface area contributed by atoms with Crippen LogP contribution in [0.2, 0.25) is 0 Å². The first kappa shape index (κ1) is 12.5. The number of nitrogens with one attached hydrogen (secondary N) is 1. The normalized spacial score (nSPS) is 17.3. The Morgan fingerprint density at radius 1 is 1.16 bits per heavy atom. The van der Waals surface area contributed by atoms with E-state index in [-0.39, 0.29) is 11.7 Å². The van der Waals surface area contributed by atoms with Gasteiger partial charge in [-0.2, -0.15) is 0 Å². The molecule has 19 heavy (non-hydrogen) atoms. The van der Waals surface area contributed by atoms with E-state index in [1.165, 1.54) is 17.0 Å². The van der Waals surface area contributed by atoms with Gasteiger partial charge in [0.1, 0.15) is 11.5 Å². The molecule has 1 N–H and O–H groups in total. The minimum Gasteiger partial charge on any atom is -0.373 e. The maximum Gasteiger partial charge on any atom is 0.152 e. The molecule has 0 aromatic heterocycles. The van der Waals surface area contributed by atoms with E-state index in [1.54, 1.807) is 18.7 Å². The van der Waals surface area contributed by atoms with Crippen molar-refractivity contribution in [3.05, 3.63) is 59.2 Å². The van der Waals surface area contributed by atoms with E-state index in [4.69, 9.17) is 0 Å². The van der Waals surface area contributed by atoms with Gasteiger partial charge in [-0.15, -0.1) is 11.8 Å². The van der Waals surface area contributed by atoms with Crippen molar-refractivity contribution in [2.75, 3.05) is 11.1 Å². The van der Waals surface area contributed by atoms with Crippen molar-refractivity contribution in [2.45, 2.75) is 17.9 Å². The Labute approximate surface area is 115 Å². The highest BCUT2D eigenvalue weighted by molar-refractivity contribution is 7.99. The molecule has 1 nitrogen and oxygen atoms in total. The predicted molar refractivity (Wildman–Crippen MR) is 74.6 cm³/mol. The van der Waals surface area contributed by atoms with Gasteiger partial charge in [-0.1, -0.05) is 24.3 Å². The molecule has 1 aliphatic heterocycles. The summed E-state index contributed by atoms with van der Waals surface area (Å²) in [6, 6.07) is 10.7. The molecule has 3 rings (SSSR count). The van der Waals surface area contributed by atoms with E-state index < -0.39 is 11.6 Å². The predicted octanol–water partition coefficient (Wildman–Crippen LogP) is 4.53. The van der Waals surface area contributed by atoms with Crippen LogP contribution >= 0.6 is 11.8 Å². The van der Waals surface area contributed by atoms with Crippen molar-refractivity contribution in [3.63, 3.8) is 0 Å². The van der Waals surface area contributed by atoms with Crippen LogP contribution in [0.5, 0.6) is 0 Å². The first-order valence-electron chi connectivity index (χ1n) is 6.09. The van der Waals surface area contributed by atoms with Gasteiger partial charge in [0.15, 0.2) is 5.82 Å². The molecule has 2 aromatic rings. The van der Waals surface area contributed by atoms with Crippen LogP contribution in [0.1, 0.15) is 17.2 Å². The lowest BCUT2D eigenvalue weighted by Crippen LogP contribution is -2.12. The minimum absolute atomic E-state index is 0.0256. The molecule has 4 heteroatoms. The first-order valence-corrected chi connectivity index (χ1v) is 7.08. The highest BCUT2D eigenvalue weighted by Crippen LogP contribution is 2.40. The van der Waals surface area contributed by atoms with Crippen LogP contribution in [-0.2, 0) is 0 Å². The van der Waals surface area contributed by atoms with Gasteiger partial charge in [-0.3, -0.25) is 0 Å². The van der Waals surface area contributed by atoms with E-state index in [0.29, 0.717) is 5.56 Å². The first-order chi connectivity index (χ1) is 9.16. The Balaban J connectivity index is 1.94. The summed E-state index contributed by atoms with van der Waals surface area (Å²) < 4.78 is 27.7. The number of rotatable bonds is 2. The molecular formula is C15H13F2NS. The smallest absolute Gasteiger partial charge is 0.152 e. The van der Waals surface area contributed by atoms with Crippen LogP contribution in [0.25, 0.3) is 0 Å². The van der Waals surface area contributed by atoms with E-state index in [1.807, 2.05) is 24.3 Å². The third-order valence-corrected chi connectivity index (χ3v) is 4.49. The van der Waals surface area contributed by atoms with Gasteiger partial charge in [0.25, 0.3) is 0 Å². The number of anilines is 1. The van der Waals surface area contributed by atoms with Crippen molar-refractivity contribution in [2.24, 2.45) is 0 Å². The molecule has 1 unspecified atom stereocenters. The van der Waals surface area contributed by atoms with Gasteiger partial charge in [0, 0.05) is 10.6 Å². The topological polar surface area (TPSA) is 12.0 Å². The third-order valence-electron chi connectivity index (χ3n) is 3.30. The summed E-state index contributed by atoms with van der Waals surface area (Å²) in [4.78, 5) is 1.17. The molecule has 0 bridgehead atoms. The van der Waals surface area contributed by atoms with Crippen molar-refractivity contribution >= 4 is 17.4 Å². The fourth-order valence-corrected chi connectivity index (χ4v) is 3.41. The number of benzene rings is 2. The molecule has 1 atom stereocenters. The average Bonchev–Trinajstić information content (AvgIpc) is 2.83. The van der Waals surface area contributed by atoms with Crippen molar-refractivity contribution in [1.29, 1.82) is 0 Å². The van der Waals surface area contributed by atoms with Gasteiger partial charge >= 0.3 is 0 Å². The molecule has 2 aromatic carbocycles. The van der Waals surface area contributed by atoms with Crippen molar-refractivity contribution < 1.29 is 8.78 Å². The van der Waals surface area contributed by atoms with Gasteiger partial charge < -0.3 is 5.32 Å². The Morgan fingerprint density at radius 3 is 2.79 bits per heavy atom. The summed E-state index contributed by atoms with van der Waals surface area (Å²) >= 11 is 1.70. The zero-order valence-electron chi connectivity index (χ0n) is 10.4. The Kier molecular flexibility index (Phi) is 3.19. The Bertz CT molecular complexity index is 628. The van der Waals surface area contributed by atoms with E-state index in [2.05, 4.69) is 5.32 Å². The highest BCUT2D eigenvalue weighted by Gasteiger charge is 2.24. The van der Waals surface area contributed by atoms with E-state index >= 15 is 0 Å². The number of thioether (sulfide) groups is 1. The maximum atomic E-state index is 14.0. The SMILES string of the molecule is Cc1ccc(F)c(NC2CSc3ccccc32)c1F. The van der Waals surface area contributed by atoms with E-state index in [0.717, 1.165) is 11.3 Å². The van der Waals surface area contributed by atoms with Gasteiger partial charge in [0.05, 0.1) is 6.04 Å². The molecule has 0 saturated carbocycles. The highest BCUT2D eigenvalue weighted by atomic mass is 32.2. The zero-order valence-corrected chi connectivity index (χ0v) is 11.2. The summed E-state index contributed by atoms with van der Waals surface area (Å²) in [5, 5.41) is 3.00. The number of hydrogen-bond acceptors (Lipinski definition) is 2. The van der Waals surface area contributed by atoms with Gasteiger partial charge in [-0.05, 0) is 30.2 Å². The average molecular weight is 277 g/mol. The van der Waals surface area contributed by atoms with Crippen LogP contribution in [0.15, 0.2) is 41.3 Å². The van der Waals surface area contributed by atoms with Crippen LogP contribution in [0.4, 0.5) is 14.5 Å². The molecule has 98 valence electrons. The summed E-state index contributed by atoms with van der Waals surface area (Å²) in [6.07, 6.45) is 0. The maximum absolute atomic E-state index is 14.0. The number of fused-ring (bicyclic) bond motifs is 1. The summed E-state index contributed by atoms with van der Waals surface area (Å²) in [6.45, 7) is 1.64. The molecule has 0 aliphatic carbocycles. The molecular weight excluding hydrogens is 264 g/mol. The molecule has 1 aliphatic rings. The number of halogens is 2. The standard InChI is InChI=1S/C15H13F2NS/c1-9-6-7-11(16)15(14(9)17)18-12-8-19-13-5-3-2-4-10(12)13/h2-7,12,18H,8H2,1H3. The van der Waals surface area contributed by atoms with Crippen molar-refractivity contribution in [1.82, 2.24) is 0 Å². The van der Waals surface area contributed by atoms with E-state index in [9.17, 15) is 8.78 Å². The van der Waals surface area contributed by atoms with Gasteiger partial charge in [-0.25, -0.2) is 8.78 Å². The second kappa shape index (κ2) is 4.85. The second-order valence-electron chi connectivity index (χ2n) is 4.60. The van der Waals surface area contributed by atoms with Crippen LogP contribution < -0.4 is 5.32 Å². The van der Waals surface area contributed by atoms with Gasteiger partial charge in [0.2, 0.25) is 0 Å². The van der Waals surface area contributed by atoms with Crippen LogP contribution in [0, 0.1) is 18.6 Å². The molecule has 0 radical (unpaired) electrons. The largest absolute Gasteiger partial charge is 0.373 e. The second-order valence-corrected chi connectivity index (χ2v) is 5.66. The molecule has 0 saturated heterocycles. The zero-order chi connectivity index (χ0) is 13.4. The quantitative estimate of drug-likeness (QED) is 0.865. The summed E-state index contributed by atoms with van der Waals surface area (Å²) in [7, 11) is 0. The van der Waals surface area contributed by atoms with Crippen LogP contribution in [0.3, 0.4) is 0 Å². The Hall–Kier alpha value is -1.55. The third kappa shape index (κ3) is 2.21. The minimum atomic E-state index is -0.544. The van der Waals surface area contributed by atoms with Crippen molar-refractivity contribution in [3.8, 4) is 0 Å². The molecule has 0 amide bonds. The fraction of sp³-hybridized carbons (Fsp3) is 0.200. The summed E-state index contributed by atoms with van der Waals surface area (Å²) in [5.41, 5.74) is 1.53. The van der Waals surface area contributed by atoms with Crippen LogP contribution in [-0.4, -0.2) is 5.75 Å². The lowest BCUT2D eigenvalue weighted by molar-refractivity contribution is 0.579. The summed E-state index contributed by atoms with van der Waals surface area (Å²) in [5.74, 6) is -0.265. The monoisotopic (exact) mass is 277 g/mol. The molecule has 0 spiro atoms. The molecule has 1 heterocycles. The Morgan fingerprint density at radius 2 is 1.95 bits per heavy atom. The lowest BCUT2D eigenvalue weighted by atomic mass is 10.1.